The first kappa shape index (κ1) is 15.4. The van der Waals surface area contributed by atoms with Crippen LogP contribution in [0.1, 0.15) is 11.1 Å². The Hall–Kier alpha value is -1.62. The van der Waals surface area contributed by atoms with Crippen LogP contribution in [0.4, 0.5) is 0 Å². The molecule has 0 aliphatic rings. The van der Waals surface area contributed by atoms with Crippen LogP contribution in [-0.4, -0.2) is 5.97 Å². The zero-order valence-electron chi connectivity index (χ0n) is 10.3. The van der Waals surface area contributed by atoms with E-state index in [0.717, 1.165) is 11.1 Å². The van der Waals surface area contributed by atoms with Gasteiger partial charge >= 0.3 is 5.97 Å². The summed E-state index contributed by atoms with van der Waals surface area (Å²) in [6, 6.07) is 16.7. The van der Waals surface area contributed by atoms with Gasteiger partial charge in [0.15, 0.2) is 0 Å². The Balaban J connectivity index is 0.00000180. The fourth-order valence-corrected chi connectivity index (χ4v) is 1.62. The summed E-state index contributed by atoms with van der Waals surface area (Å²) in [5, 5.41) is 0. The monoisotopic (exact) mass is 300 g/mol. The van der Waals surface area contributed by atoms with E-state index < -0.39 is 0 Å². The topological polar surface area (TPSA) is 52.3 Å². The number of hydrogen-bond donors (Lipinski definition) is 1. The van der Waals surface area contributed by atoms with Crippen LogP contribution in [0.5, 0.6) is 5.75 Å². The molecule has 2 aromatic rings. The van der Waals surface area contributed by atoms with Crippen molar-refractivity contribution in [1.29, 1.82) is 0 Å². The number of ether oxygens (including phenoxy) is 1. The Morgan fingerprint density at radius 1 is 0.947 bits per heavy atom. The average Bonchev–Trinajstić information content (AvgIpc) is 2.40. The van der Waals surface area contributed by atoms with Crippen LogP contribution in [0.3, 0.4) is 0 Å². The molecule has 0 unspecified atom stereocenters. The molecule has 0 amide bonds. The zero-order chi connectivity index (χ0) is 12.8. The van der Waals surface area contributed by atoms with Gasteiger partial charge in [0.2, 0.25) is 0 Å². The van der Waals surface area contributed by atoms with E-state index >= 15 is 0 Å². The molecule has 0 spiro atoms. The van der Waals surface area contributed by atoms with Crippen molar-refractivity contribution in [2.24, 2.45) is 5.73 Å². The predicted molar refractivity (Wildman–Crippen MR) is 70.1 cm³/mol. The maximum atomic E-state index is 11.7. The number of esters is 1. The molecule has 3 nitrogen and oxygen atoms in total. The van der Waals surface area contributed by atoms with Crippen molar-refractivity contribution in [2.45, 2.75) is 13.0 Å². The van der Waals surface area contributed by atoms with Gasteiger partial charge in [-0.25, -0.2) is 0 Å². The Kier molecular flexibility index (Phi) is 6.28. The van der Waals surface area contributed by atoms with Crippen molar-refractivity contribution in [3.05, 3.63) is 65.7 Å². The van der Waals surface area contributed by atoms with Gasteiger partial charge in [-0.1, -0.05) is 42.5 Å². The second-order valence-electron chi connectivity index (χ2n) is 3.98. The first-order valence-corrected chi connectivity index (χ1v) is 5.81. The number of carbonyl (C=O) groups is 1. The van der Waals surface area contributed by atoms with Crippen molar-refractivity contribution >= 4 is 5.97 Å². The normalized spacial score (nSPS) is 9.53. The van der Waals surface area contributed by atoms with E-state index in [1.807, 2.05) is 42.5 Å². The summed E-state index contributed by atoms with van der Waals surface area (Å²) in [5.41, 5.74) is 7.49. The predicted octanol–water partition coefficient (Wildman–Crippen LogP) is 2.29. The summed E-state index contributed by atoms with van der Waals surface area (Å²) >= 11 is 0. The minimum atomic E-state index is -0.262. The van der Waals surface area contributed by atoms with Crippen molar-refractivity contribution in [2.75, 3.05) is 0 Å². The third-order valence-electron chi connectivity index (χ3n) is 2.58. The third kappa shape index (κ3) is 4.87. The summed E-state index contributed by atoms with van der Waals surface area (Å²) in [7, 11) is 0. The van der Waals surface area contributed by atoms with Crippen LogP contribution in [0, 0.1) is 0 Å². The van der Waals surface area contributed by atoms with E-state index in [9.17, 15) is 4.79 Å². The first-order chi connectivity index (χ1) is 8.78. The Morgan fingerprint density at radius 3 is 2.11 bits per heavy atom. The number of carbonyl (C=O) groups excluding carboxylic acids is 1. The molecule has 0 aliphatic heterocycles. The number of hydrogen-bond acceptors (Lipinski definition) is 3. The molecule has 4 heteroatoms. The molecule has 0 saturated carbocycles. The Morgan fingerprint density at radius 2 is 1.53 bits per heavy atom. The molecule has 101 valence electrons. The van der Waals surface area contributed by atoms with E-state index in [2.05, 4.69) is 0 Å². The largest absolute Gasteiger partial charge is 0.426 e. The molecule has 0 aromatic heterocycles. The second kappa shape index (κ2) is 7.73. The summed E-state index contributed by atoms with van der Waals surface area (Å²) in [5.74, 6) is 0.308. The summed E-state index contributed by atoms with van der Waals surface area (Å²) in [6.45, 7) is 0.509. The van der Waals surface area contributed by atoms with Crippen LogP contribution in [-0.2, 0) is 34.5 Å². The van der Waals surface area contributed by atoms with Crippen LogP contribution in [0.15, 0.2) is 54.6 Å². The van der Waals surface area contributed by atoms with Crippen LogP contribution in [0.2, 0.25) is 0 Å². The molecule has 0 bridgehead atoms. The molecule has 0 atom stereocenters. The minimum absolute atomic E-state index is 0. The maximum Gasteiger partial charge on any atom is 0.315 e. The molecule has 19 heavy (non-hydrogen) atoms. The molecule has 2 rings (SSSR count). The number of benzene rings is 2. The smallest absolute Gasteiger partial charge is 0.315 e. The van der Waals surface area contributed by atoms with Crippen LogP contribution >= 0.6 is 0 Å². The average molecular weight is 300 g/mol. The second-order valence-corrected chi connectivity index (χ2v) is 3.98. The van der Waals surface area contributed by atoms with E-state index in [4.69, 9.17) is 10.5 Å². The maximum absolute atomic E-state index is 11.7. The molecule has 0 aliphatic carbocycles. The number of rotatable bonds is 4. The Labute approximate surface area is 123 Å². The zero-order valence-corrected chi connectivity index (χ0v) is 11.4. The molecule has 2 N–H and O–H groups in total. The van der Waals surface area contributed by atoms with Crippen LogP contribution in [0.25, 0.3) is 0 Å². The molecule has 0 heterocycles. The Bertz CT molecular complexity index is 511. The van der Waals surface area contributed by atoms with Gasteiger partial charge in [0.1, 0.15) is 5.75 Å². The summed E-state index contributed by atoms with van der Waals surface area (Å²) < 4.78 is 5.21. The van der Waals surface area contributed by atoms with Gasteiger partial charge in [-0.15, -0.1) is 0 Å². The summed E-state index contributed by atoms with van der Waals surface area (Å²) in [6.07, 6.45) is 0.264. The van der Waals surface area contributed by atoms with Crippen molar-refractivity contribution in [3.8, 4) is 5.75 Å². The number of nitrogens with two attached hydrogens (primary N) is 1. The van der Waals surface area contributed by atoms with Crippen LogP contribution < -0.4 is 10.5 Å². The molecule has 0 saturated heterocycles. The van der Waals surface area contributed by atoms with Crippen molar-refractivity contribution < 1.29 is 26.3 Å². The van der Waals surface area contributed by atoms with Gasteiger partial charge < -0.3 is 10.5 Å². The SMILES string of the molecule is NCc1ccc(CC(=O)Oc2ccccc2)cc1.[Co]. The van der Waals surface area contributed by atoms with Gasteiger partial charge in [0.05, 0.1) is 6.42 Å². The van der Waals surface area contributed by atoms with Gasteiger partial charge in [0, 0.05) is 23.3 Å². The van der Waals surface area contributed by atoms with Gasteiger partial charge in [-0.3, -0.25) is 4.79 Å². The van der Waals surface area contributed by atoms with Gasteiger partial charge in [-0.05, 0) is 23.3 Å². The fraction of sp³-hybridized carbons (Fsp3) is 0.133. The van der Waals surface area contributed by atoms with E-state index in [0.29, 0.717) is 12.3 Å². The van der Waals surface area contributed by atoms with Gasteiger partial charge in [-0.2, -0.15) is 0 Å². The fourth-order valence-electron chi connectivity index (χ4n) is 1.62. The summed E-state index contributed by atoms with van der Waals surface area (Å²) in [4.78, 5) is 11.7. The molecule has 1 radical (unpaired) electrons. The number of para-hydroxylation sites is 1. The van der Waals surface area contributed by atoms with Crippen molar-refractivity contribution in [3.63, 3.8) is 0 Å². The van der Waals surface area contributed by atoms with E-state index in [1.165, 1.54) is 0 Å². The quantitative estimate of drug-likeness (QED) is 0.696. The standard InChI is InChI=1S/C15H15NO2.Co/c16-11-13-8-6-12(7-9-13)10-15(17)18-14-4-2-1-3-5-14;/h1-9H,10-11,16H2;. The first-order valence-electron chi connectivity index (χ1n) is 5.81. The molecular weight excluding hydrogens is 285 g/mol. The van der Waals surface area contributed by atoms with Gasteiger partial charge in [0.25, 0.3) is 0 Å². The molecule has 0 fully saturated rings. The molecule has 2 aromatic carbocycles. The van der Waals surface area contributed by atoms with E-state index in [1.54, 1.807) is 12.1 Å². The van der Waals surface area contributed by atoms with Crippen molar-refractivity contribution in [1.82, 2.24) is 0 Å². The third-order valence-corrected chi connectivity index (χ3v) is 2.58. The molecular formula is C15H15CoNO2. The van der Waals surface area contributed by atoms with E-state index in [-0.39, 0.29) is 29.2 Å². The minimum Gasteiger partial charge on any atom is -0.426 e.